The van der Waals surface area contributed by atoms with Crippen LogP contribution in [0.1, 0.15) is 45.1 Å². The number of rotatable bonds is 4. The van der Waals surface area contributed by atoms with E-state index in [0.29, 0.717) is 12.8 Å². The maximum Gasteiger partial charge on any atom is 0.335 e. The van der Waals surface area contributed by atoms with Gasteiger partial charge in [-0.05, 0) is 37.8 Å². The number of nitrogens with one attached hydrogen (secondary N) is 1. The third-order valence-corrected chi connectivity index (χ3v) is 7.69. The van der Waals surface area contributed by atoms with E-state index in [0.717, 1.165) is 36.3 Å². The molecule has 3 aliphatic heterocycles. The van der Waals surface area contributed by atoms with Crippen molar-refractivity contribution >= 4 is 17.4 Å². The molecule has 152 valence electrons. The summed E-state index contributed by atoms with van der Waals surface area (Å²) in [6.07, 6.45) is 7.62. The molecular weight excluding hydrogens is 364 g/mol. The van der Waals surface area contributed by atoms with Gasteiger partial charge in [-0.25, -0.2) is 4.79 Å². The van der Waals surface area contributed by atoms with E-state index in [2.05, 4.69) is 47.5 Å². The zero-order chi connectivity index (χ0) is 20.4. The summed E-state index contributed by atoms with van der Waals surface area (Å²) in [5.41, 5.74) is 3.77. The highest BCUT2D eigenvalue weighted by Gasteiger charge is 2.66. The molecule has 1 aromatic rings. The van der Waals surface area contributed by atoms with Crippen molar-refractivity contribution in [3.8, 4) is 0 Å². The van der Waals surface area contributed by atoms with E-state index in [1.165, 1.54) is 12.7 Å². The number of nitrogens with zero attached hydrogens (tertiary/aromatic N) is 1. The molecule has 1 N–H and O–H groups in total. The van der Waals surface area contributed by atoms with E-state index >= 15 is 0 Å². The van der Waals surface area contributed by atoms with Gasteiger partial charge in [-0.15, -0.1) is 0 Å². The van der Waals surface area contributed by atoms with Crippen molar-refractivity contribution in [3.05, 3.63) is 53.3 Å². The highest BCUT2D eigenvalue weighted by Crippen LogP contribution is 2.64. The Balaban J connectivity index is 1.76. The number of carbonyl (C=O) groups is 2. The van der Waals surface area contributed by atoms with E-state index in [1.54, 1.807) is 6.92 Å². The van der Waals surface area contributed by atoms with Gasteiger partial charge in [0, 0.05) is 41.8 Å². The Morgan fingerprint density at radius 3 is 2.83 bits per heavy atom. The van der Waals surface area contributed by atoms with Gasteiger partial charge in [-0.3, -0.25) is 9.69 Å². The molecule has 0 bridgehead atoms. The van der Waals surface area contributed by atoms with Crippen LogP contribution < -0.4 is 5.32 Å². The Bertz CT molecular complexity index is 965. The van der Waals surface area contributed by atoms with Crippen molar-refractivity contribution < 1.29 is 14.3 Å². The summed E-state index contributed by atoms with van der Waals surface area (Å²) in [7, 11) is 1.47. The summed E-state index contributed by atoms with van der Waals surface area (Å²) in [5, 5.41) is 3.61. The molecule has 4 aliphatic rings. The van der Waals surface area contributed by atoms with Crippen LogP contribution in [0.5, 0.6) is 0 Å². The number of hydrogen-bond acceptors (Lipinski definition) is 5. The molecule has 1 spiro atoms. The van der Waals surface area contributed by atoms with Crippen molar-refractivity contribution in [1.82, 2.24) is 4.90 Å². The lowest BCUT2D eigenvalue weighted by molar-refractivity contribution is -0.137. The van der Waals surface area contributed by atoms with E-state index in [9.17, 15) is 9.59 Å². The van der Waals surface area contributed by atoms with Crippen molar-refractivity contribution in [3.63, 3.8) is 0 Å². The Morgan fingerprint density at radius 2 is 2.10 bits per heavy atom. The summed E-state index contributed by atoms with van der Waals surface area (Å²) in [6, 6.07) is 8.80. The Hall–Kier alpha value is -2.40. The maximum atomic E-state index is 12.9. The molecule has 5 rings (SSSR count). The Labute approximate surface area is 171 Å². The molecule has 5 heteroatoms. The van der Waals surface area contributed by atoms with Crippen LogP contribution in [0.4, 0.5) is 5.69 Å². The molecule has 1 saturated heterocycles. The molecule has 3 heterocycles. The Morgan fingerprint density at radius 1 is 1.31 bits per heavy atom. The van der Waals surface area contributed by atoms with Gasteiger partial charge in [0.2, 0.25) is 0 Å². The smallest absolute Gasteiger partial charge is 0.335 e. The van der Waals surface area contributed by atoms with E-state index in [4.69, 9.17) is 4.74 Å². The van der Waals surface area contributed by atoms with Gasteiger partial charge in [-0.1, -0.05) is 37.3 Å². The van der Waals surface area contributed by atoms with Crippen LogP contribution in [-0.2, 0) is 19.7 Å². The average Bonchev–Trinajstić information content (AvgIpc) is 3.29. The van der Waals surface area contributed by atoms with Crippen molar-refractivity contribution in [2.45, 2.75) is 57.0 Å². The summed E-state index contributed by atoms with van der Waals surface area (Å²) in [6.45, 7) is 4.81. The molecule has 0 unspecified atom stereocenters. The van der Waals surface area contributed by atoms with Gasteiger partial charge >= 0.3 is 5.97 Å². The third-order valence-electron chi connectivity index (χ3n) is 7.69. The molecule has 0 saturated carbocycles. The highest BCUT2D eigenvalue weighted by atomic mass is 16.5. The molecule has 0 aromatic heterocycles. The number of fused-ring (bicyclic) bond motifs is 1. The summed E-state index contributed by atoms with van der Waals surface area (Å²) in [5.74, 6) is -0.0139. The van der Waals surface area contributed by atoms with Crippen LogP contribution in [0.15, 0.2) is 47.7 Å². The van der Waals surface area contributed by atoms with Gasteiger partial charge in [-0.2, -0.15) is 0 Å². The van der Waals surface area contributed by atoms with Crippen molar-refractivity contribution in [1.29, 1.82) is 0 Å². The number of hydrogen-bond donors (Lipinski definition) is 1. The normalized spacial score (nSPS) is 34.3. The number of ether oxygens (including phenoxy) is 1. The fourth-order valence-electron chi connectivity index (χ4n) is 6.57. The minimum Gasteiger partial charge on any atom is -0.466 e. The minimum atomic E-state index is -0.256. The number of para-hydroxylation sites is 1. The molecular formula is C24H28N2O3. The first-order chi connectivity index (χ1) is 14.0. The number of Topliss-reactive ketones (excluding diaryl/α,β-unsaturated/α-hetero) is 1. The predicted molar refractivity (Wildman–Crippen MR) is 111 cm³/mol. The zero-order valence-electron chi connectivity index (χ0n) is 17.3. The monoisotopic (exact) mass is 392 g/mol. The van der Waals surface area contributed by atoms with Crippen molar-refractivity contribution in [2.75, 3.05) is 19.0 Å². The maximum absolute atomic E-state index is 12.9. The zero-order valence-corrected chi connectivity index (χ0v) is 17.3. The topological polar surface area (TPSA) is 58.6 Å². The first-order valence-electron chi connectivity index (χ1n) is 10.6. The first-order valence-corrected chi connectivity index (χ1v) is 10.6. The second kappa shape index (κ2) is 6.30. The summed E-state index contributed by atoms with van der Waals surface area (Å²) in [4.78, 5) is 27.4. The molecule has 1 aliphatic carbocycles. The molecule has 0 radical (unpaired) electrons. The van der Waals surface area contributed by atoms with Gasteiger partial charge in [0.25, 0.3) is 0 Å². The molecule has 29 heavy (non-hydrogen) atoms. The largest absolute Gasteiger partial charge is 0.466 e. The fourth-order valence-corrected chi connectivity index (χ4v) is 6.57. The van der Waals surface area contributed by atoms with Crippen LogP contribution in [0.2, 0.25) is 0 Å². The summed E-state index contributed by atoms with van der Waals surface area (Å²) >= 11 is 0. The second-order valence-electron chi connectivity index (χ2n) is 8.97. The number of carbonyl (C=O) groups excluding carboxylic acids is 2. The lowest BCUT2D eigenvalue weighted by Crippen LogP contribution is -2.60. The van der Waals surface area contributed by atoms with E-state index < -0.39 is 0 Å². The number of benzene rings is 1. The van der Waals surface area contributed by atoms with E-state index in [-0.39, 0.29) is 34.7 Å². The SMILES string of the molecule is CC[C@]12C=C[C@@H](CC(C)=O)N3CC[C@]4(C(=C(C(=O)OC)C1)Nc1ccccc14)[C@@H]32. The lowest BCUT2D eigenvalue weighted by Gasteiger charge is -2.55. The van der Waals surface area contributed by atoms with Crippen LogP contribution in [-0.4, -0.2) is 42.4 Å². The van der Waals surface area contributed by atoms with Crippen LogP contribution in [0.3, 0.4) is 0 Å². The highest BCUT2D eigenvalue weighted by molar-refractivity contribution is 5.93. The minimum absolute atomic E-state index is 0.130. The van der Waals surface area contributed by atoms with Gasteiger partial charge in [0.05, 0.1) is 18.1 Å². The van der Waals surface area contributed by atoms with Crippen LogP contribution in [0, 0.1) is 5.41 Å². The van der Waals surface area contributed by atoms with Crippen LogP contribution in [0.25, 0.3) is 0 Å². The lowest BCUT2D eigenvalue weighted by atomic mass is 9.54. The van der Waals surface area contributed by atoms with Gasteiger partial charge in [0.1, 0.15) is 5.78 Å². The quantitative estimate of drug-likeness (QED) is 0.627. The van der Waals surface area contributed by atoms with Gasteiger partial charge < -0.3 is 10.1 Å². The molecule has 5 nitrogen and oxygen atoms in total. The van der Waals surface area contributed by atoms with Crippen molar-refractivity contribution in [2.24, 2.45) is 5.41 Å². The number of ketones is 1. The van der Waals surface area contributed by atoms with Gasteiger partial charge in [0.15, 0.2) is 0 Å². The molecule has 1 fully saturated rings. The molecule has 4 atom stereocenters. The predicted octanol–water partition coefficient (Wildman–Crippen LogP) is 3.57. The third kappa shape index (κ3) is 2.31. The number of anilines is 1. The number of esters is 1. The van der Waals surface area contributed by atoms with Crippen LogP contribution >= 0.6 is 0 Å². The first kappa shape index (κ1) is 18.6. The molecule has 1 aromatic carbocycles. The second-order valence-corrected chi connectivity index (χ2v) is 8.97. The average molecular weight is 392 g/mol. The summed E-state index contributed by atoms with van der Waals surface area (Å²) < 4.78 is 5.22. The fraction of sp³-hybridized carbons (Fsp3) is 0.500. The number of methoxy groups -OCH3 is 1. The molecule has 0 amide bonds. The standard InChI is InChI=1S/C24H28N2O3/c1-4-23-10-9-16(13-15(2)27)26-12-11-24(22(23)26)18-7-5-6-8-19(18)25-20(24)17(14-23)21(28)29-3/h5-10,16,22,25H,4,11-14H2,1-3H3/t16-,22-,23-,24-/m0/s1. The van der Waals surface area contributed by atoms with E-state index in [1.807, 2.05) is 6.07 Å². The Kier molecular flexibility index (Phi) is 4.04.